The minimum absolute atomic E-state index is 0.157. The second-order valence-corrected chi connectivity index (χ2v) is 8.94. The highest BCUT2D eigenvalue weighted by Crippen LogP contribution is 2.37. The largest absolute Gasteiger partial charge is 0.496 e. The van der Waals surface area contributed by atoms with E-state index in [1.807, 2.05) is 31.2 Å². The van der Waals surface area contributed by atoms with Crippen LogP contribution in [0.15, 0.2) is 53.6 Å². The first-order valence-electron chi connectivity index (χ1n) is 12.6. The topological polar surface area (TPSA) is 86.7 Å². The maximum atomic E-state index is 14.6. The molecule has 0 spiro atoms. The monoisotopic (exact) mass is 511 g/mol. The quantitative estimate of drug-likeness (QED) is 0.560. The van der Waals surface area contributed by atoms with Crippen molar-refractivity contribution in [2.75, 3.05) is 59.6 Å². The molecule has 9 nitrogen and oxygen atoms in total. The number of nitrogens with one attached hydrogen (secondary N) is 1. The Balaban J connectivity index is 1.59. The summed E-state index contributed by atoms with van der Waals surface area (Å²) in [4.78, 5) is 30.3. The van der Waals surface area contributed by atoms with Crippen molar-refractivity contribution < 1.29 is 23.5 Å². The molecular formula is C27H34FN5O4. The van der Waals surface area contributed by atoms with Gasteiger partial charge in [0.25, 0.3) is 5.91 Å². The van der Waals surface area contributed by atoms with Crippen LogP contribution in [0.3, 0.4) is 0 Å². The summed E-state index contributed by atoms with van der Waals surface area (Å²) < 4.78 is 25.6. The molecule has 0 saturated carbocycles. The fourth-order valence-electron chi connectivity index (χ4n) is 4.62. The van der Waals surface area contributed by atoms with Crippen LogP contribution in [0.25, 0.3) is 0 Å². The normalized spacial score (nSPS) is 17.9. The summed E-state index contributed by atoms with van der Waals surface area (Å²) in [5.74, 6) is -0.137. The Morgan fingerprint density at radius 2 is 1.89 bits per heavy atom. The molecule has 0 aromatic heterocycles. The van der Waals surface area contributed by atoms with Gasteiger partial charge >= 0.3 is 6.03 Å². The van der Waals surface area contributed by atoms with Crippen molar-refractivity contribution in [1.82, 2.24) is 20.1 Å². The van der Waals surface area contributed by atoms with E-state index in [2.05, 4.69) is 15.3 Å². The number of carbonyl (C=O) groups is 2. The van der Waals surface area contributed by atoms with Crippen LogP contribution in [0.2, 0.25) is 0 Å². The first-order valence-corrected chi connectivity index (χ1v) is 12.6. The zero-order valence-electron chi connectivity index (χ0n) is 21.4. The molecule has 0 radical (unpaired) electrons. The number of morpholine rings is 1. The van der Waals surface area contributed by atoms with E-state index in [-0.39, 0.29) is 18.5 Å². The van der Waals surface area contributed by atoms with Gasteiger partial charge in [-0.15, -0.1) is 0 Å². The van der Waals surface area contributed by atoms with Crippen LogP contribution in [0, 0.1) is 5.82 Å². The van der Waals surface area contributed by atoms with Gasteiger partial charge in [-0.2, -0.15) is 5.10 Å². The van der Waals surface area contributed by atoms with Crippen molar-refractivity contribution in [3.8, 4) is 5.75 Å². The summed E-state index contributed by atoms with van der Waals surface area (Å²) in [6.07, 6.45) is 0.321. The zero-order valence-corrected chi connectivity index (χ0v) is 21.4. The standard InChI is InChI=1S/C27H34FN5O4/c1-3-29-27(35)32(13-12-31-14-16-37-17-15-31)19-26(34)33-24(21-9-5-7-11-25(21)36-2)18-23(30-33)20-8-4-6-10-22(20)28/h4-11,24H,3,12-19H2,1-2H3,(H,29,35). The number of carbonyl (C=O) groups excluding carboxylic acids is 2. The summed E-state index contributed by atoms with van der Waals surface area (Å²) in [5.41, 5.74) is 1.59. The van der Waals surface area contributed by atoms with Crippen LogP contribution >= 0.6 is 0 Å². The number of nitrogens with zero attached hydrogens (tertiary/aromatic N) is 4. The van der Waals surface area contributed by atoms with Gasteiger partial charge in [-0.25, -0.2) is 14.2 Å². The summed E-state index contributed by atoms with van der Waals surface area (Å²) in [6, 6.07) is 13.0. The average molecular weight is 512 g/mol. The van der Waals surface area contributed by atoms with E-state index >= 15 is 0 Å². The number of amides is 3. The van der Waals surface area contributed by atoms with Gasteiger partial charge in [0.05, 0.1) is 32.1 Å². The SMILES string of the molecule is CCNC(=O)N(CCN1CCOCC1)CC(=O)N1N=C(c2ccccc2F)CC1c1ccccc1OC. The van der Waals surface area contributed by atoms with Gasteiger partial charge in [0, 0.05) is 50.3 Å². The Morgan fingerprint density at radius 1 is 1.16 bits per heavy atom. The molecule has 1 saturated heterocycles. The molecule has 0 aliphatic carbocycles. The van der Waals surface area contributed by atoms with Gasteiger partial charge < -0.3 is 19.7 Å². The maximum absolute atomic E-state index is 14.6. The molecule has 1 fully saturated rings. The van der Waals surface area contributed by atoms with E-state index in [0.29, 0.717) is 56.3 Å². The molecule has 2 aromatic carbocycles. The molecule has 198 valence electrons. The fraction of sp³-hybridized carbons (Fsp3) is 0.444. The molecule has 0 bridgehead atoms. The van der Waals surface area contributed by atoms with Crippen molar-refractivity contribution in [3.63, 3.8) is 0 Å². The highest BCUT2D eigenvalue weighted by Gasteiger charge is 2.36. The molecule has 3 amide bonds. The van der Waals surface area contributed by atoms with Crippen LogP contribution in [0.1, 0.15) is 30.5 Å². The number of hydrogen-bond acceptors (Lipinski definition) is 6. The molecular weight excluding hydrogens is 477 g/mol. The zero-order chi connectivity index (χ0) is 26.2. The predicted molar refractivity (Wildman–Crippen MR) is 138 cm³/mol. The van der Waals surface area contributed by atoms with Crippen molar-refractivity contribution >= 4 is 17.6 Å². The van der Waals surface area contributed by atoms with E-state index in [1.165, 1.54) is 16.0 Å². The summed E-state index contributed by atoms with van der Waals surface area (Å²) in [6.45, 7) is 6.03. The van der Waals surface area contributed by atoms with Crippen LogP contribution in [0.5, 0.6) is 5.75 Å². The molecule has 2 aliphatic heterocycles. The minimum Gasteiger partial charge on any atom is -0.496 e. The first kappa shape index (κ1) is 26.6. The number of ether oxygens (including phenoxy) is 2. The maximum Gasteiger partial charge on any atom is 0.317 e. The van der Waals surface area contributed by atoms with E-state index in [9.17, 15) is 14.0 Å². The van der Waals surface area contributed by atoms with Gasteiger partial charge in [0.15, 0.2) is 0 Å². The molecule has 10 heteroatoms. The average Bonchev–Trinajstić information content (AvgIpc) is 3.37. The number of hydrogen-bond donors (Lipinski definition) is 1. The molecule has 2 heterocycles. The van der Waals surface area contributed by atoms with Gasteiger partial charge in [-0.3, -0.25) is 9.69 Å². The lowest BCUT2D eigenvalue weighted by molar-refractivity contribution is -0.133. The van der Waals surface area contributed by atoms with Gasteiger partial charge in [0.2, 0.25) is 0 Å². The third kappa shape index (κ3) is 6.44. The van der Waals surface area contributed by atoms with Crippen LogP contribution < -0.4 is 10.1 Å². The van der Waals surface area contributed by atoms with Gasteiger partial charge in [0.1, 0.15) is 18.1 Å². The number of benzene rings is 2. The number of halogens is 1. The fourth-order valence-corrected chi connectivity index (χ4v) is 4.62. The summed E-state index contributed by atoms with van der Waals surface area (Å²) >= 11 is 0. The van der Waals surface area contributed by atoms with E-state index < -0.39 is 11.9 Å². The Hall–Kier alpha value is -3.50. The van der Waals surface area contributed by atoms with Gasteiger partial charge in [-0.05, 0) is 19.1 Å². The van der Waals surface area contributed by atoms with Crippen molar-refractivity contribution in [1.29, 1.82) is 0 Å². The number of rotatable bonds is 9. The summed E-state index contributed by atoms with van der Waals surface area (Å²) in [5, 5.41) is 8.76. The van der Waals surface area contributed by atoms with Crippen molar-refractivity contribution in [3.05, 3.63) is 65.5 Å². The van der Waals surface area contributed by atoms with Crippen LogP contribution in [0.4, 0.5) is 9.18 Å². The van der Waals surface area contributed by atoms with Crippen LogP contribution in [-0.4, -0.2) is 92.1 Å². The second-order valence-electron chi connectivity index (χ2n) is 8.94. The van der Waals surface area contributed by atoms with E-state index in [4.69, 9.17) is 9.47 Å². The number of urea groups is 1. The highest BCUT2D eigenvalue weighted by atomic mass is 19.1. The first-order chi connectivity index (χ1) is 18.0. The Kier molecular flexibility index (Phi) is 9.08. The van der Waals surface area contributed by atoms with Gasteiger partial charge in [-0.1, -0.05) is 36.4 Å². The minimum atomic E-state index is -0.492. The van der Waals surface area contributed by atoms with E-state index in [0.717, 1.165) is 18.7 Å². The Morgan fingerprint density at radius 3 is 2.62 bits per heavy atom. The van der Waals surface area contributed by atoms with Crippen molar-refractivity contribution in [2.24, 2.45) is 5.10 Å². The predicted octanol–water partition coefficient (Wildman–Crippen LogP) is 2.88. The molecule has 37 heavy (non-hydrogen) atoms. The Bertz CT molecular complexity index is 1120. The lowest BCUT2D eigenvalue weighted by Gasteiger charge is -2.31. The summed E-state index contributed by atoms with van der Waals surface area (Å²) in [7, 11) is 1.57. The lowest BCUT2D eigenvalue weighted by Crippen LogP contribution is -2.49. The number of hydrazone groups is 1. The number of para-hydroxylation sites is 1. The highest BCUT2D eigenvalue weighted by molar-refractivity contribution is 6.03. The second kappa shape index (κ2) is 12.6. The Labute approximate surface area is 216 Å². The third-order valence-electron chi connectivity index (χ3n) is 6.58. The molecule has 2 aromatic rings. The van der Waals surface area contributed by atoms with E-state index in [1.54, 1.807) is 25.3 Å². The molecule has 1 atom stereocenters. The molecule has 1 N–H and O–H groups in total. The smallest absolute Gasteiger partial charge is 0.317 e. The van der Waals surface area contributed by atoms with Crippen molar-refractivity contribution in [2.45, 2.75) is 19.4 Å². The molecule has 2 aliphatic rings. The number of methoxy groups -OCH3 is 1. The molecule has 4 rings (SSSR count). The third-order valence-corrected chi connectivity index (χ3v) is 6.58. The molecule has 1 unspecified atom stereocenters. The lowest BCUT2D eigenvalue weighted by atomic mass is 9.97. The van der Waals surface area contributed by atoms with Crippen LogP contribution in [-0.2, 0) is 9.53 Å².